The van der Waals surface area contributed by atoms with Crippen molar-refractivity contribution in [1.82, 2.24) is 0 Å². The molecule has 0 N–H and O–H groups in total. The zero-order chi connectivity index (χ0) is 45.0. The molecule has 4 heteroatoms. The maximum atomic E-state index is 7.02. The fourth-order valence-electron chi connectivity index (χ4n) is 10.8. The van der Waals surface area contributed by atoms with E-state index >= 15 is 0 Å². The third-order valence-corrected chi connectivity index (χ3v) is 13.9. The number of aryl methyl sites for hydroxylation is 8. The summed E-state index contributed by atoms with van der Waals surface area (Å²) in [5.41, 5.74) is 21.6. The molecule has 0 aliphatic rings. The van der Waals surface area contributed by atoms with Gasteiger partial charge in [0.25, 0.3) is 0 Å². The van der Waals surface area contributed by atoms with Gasteiger partial charge in [-0.15, -0.1) is 0 Å². The van der Waals surface area contributed by atoms with E-state index in [-0.39, 0.29) is 5.92 Å². The van der Waals surface area contributed by atoms with E-state index in [1.54, 1.807) is 0 Å². The van der Waals surface area contributed by atoms with Gasteiger partial charge in [-0.2, -0.15) is 0 Å². The first-order valence-electron chi connectivity index (χ1n) is 22.9. The van der Waals surface area contributed by atoms with E-state index in [9.17, 15) is 0 Å². The van der Waals surface area contributed by atoms with Crippen LogP contribution in [0.5, 0.6) is 0 Å². The first kappa shape index (κ1) is 40.5. The zero-order valence-corrected chi connectivity index (χ0v) is 39.1. The number of furan rings is 2. The third kappa shape index (κ3) is 6.41. The fraction of sp³-hybridized carbons (Fsp3) is 0.180. The Morgan fingerprint density at radius 3 is 1.12 bits per heavy atom. The molecule has 0 bridgehead atoms. The Balaban J connectivity index is 1.09. The summed E-state index contributed by atoms with van der Waals surface area (Å²) in [6, 6.07) is 51.4. The van der Waals surface area contributed by atoms with Gasteiger partial charge in [0.15, 0.2) is 11.2 Å². The van der Waals surface area contributed by atoms with E-state index in [1.807, 2.05) is 0 Å². The van der Waals surface area contributed by atoms with E-state index in [0.717, 1.165) is 66.0 Å². The highest BCUT2D eigenvalue weighted by Crippen LogP contribution is 2.48. The van der Waals surface area contributed by atoms with Gasteiger partial charge >= 0.3 is 0 Å². The van der Waals surface area contributed by atoms with Gasteiger partial charge in [0.2, 0.25) is 0 Å². The van der Waals surface area contributed by atoms with Gasteiger partial charge in [0.05, 0.1) is 22.7 Å². The first-order chi connectivity index (χ1) is 31.4. The summed E-state index contributed by atoms with van der Waals surface area (Å²) < 4.78 is 14.0. The number of hydrogen-bond acceptors (Lipinski definition) is 4. The standard InChI is InChI=1S/C61H54N2O2/c1-34(2)49-33-51-50-29-43-23-25-47(62(56-35(3)15-11-16-36(56)4)57-37(5)17-12-18-38(57)6)27-45(43)31-53(50)64-60(51)61-55(49)52-30-44-24-26-48(28-46(44)32-54(52)65-61)63(58-39(7)19-13-20-40(58)8)59-41(9)21-14-22-42(59)10/h11-34H,1-10H3. The lowest BCUT2D eigenvalue weighted by molar-refractivity contribution is 0.633. The van der Waals surface area contributed by atoms with Gasteiger partial charge in [-0.25, -0.2) is 0 Å². The molecule has 320 valence electrons. The number of rotatable bonds is 7. The second-order valence-corrected chi connectivity index (χ2v) is 18.8. The summed E-state index contributed by atoms with van der Waals surface area (Å²) in [5, 5.41) is 9.01. The zero-order valence-electron chi connectivity index (χ0n) is 39.1. The molecular formula is C61H54N2O2. The molecular weight excluding hydrogens is 793 g/mol. The van der Waals surface area contributed by atoms with Crippen LogP contribution < -0.4 is 9.80 Å². The number of fused-ring (bicyclic) bond motifs is 9. The van der Waals surface area contributed by atoms with Crippen LogP contribution in [-0.2, 0) is 0 Å². The summed E-state index contributed by atoms with van der Waals surface area (Å²) in [5.74, 6) is 0.262. The van der Waals surface area contributed by atoms with Crippen LogP contribution in [0, 0.1) is 55.4 Å². The maximum Gasteiger partial charge on any atom is 0.178 e. The summed E-state index contributed by atoms with van der Waals surface area (Å²) in [7, 11) is 0. The van der Waals surface area contributed by atoms with Crippen molar-refractivity contribution in [2.45, 2.75) is 75.2 Å². The van der Waals surface area contributed by atoms with Crippen LogP contribution in [0.1, 0.15) is 69.8 Å². The van der Waals surface area contributed by atoms with Crippen LogP contribution in [-0.4, -0.2) is 0 Å². The Kier molecular flexibility index (Phi) is 9.44. The lowest BCUT2D eigenvalue weighted by atomic mass is 9.94. The Morgan fingerprint density at radius 1 is 0.354 bits per heavy atom. The van der Waals surface area contributed by atoms with Crippen LogP contribution in [0.15, 0.2) is 148 Å². The van der Waals surface area contributed by atoms with Crippen LogP contribution in [0.2, 0.25) is 0 Å². The Hall–Kier alpha value is -7.30. The van der Waals surface area contributed by atoms with E-state index in [1.165, 1.54) is 83.6 Å². The summed E-state index contributed by atoms with van der Waals surface area (Å²) in [6.07, 6.45) is 0. The predicted molar refractivity (Wildman–Crippen MR) is 277 cm³/mol. The van der Waals surface area contributed by atoms with Crippen molar-refractivity contribution in [2.24, 2.45) is 0 Å². The normalized spacial score (nSPS) is 12.0. The van der Waals surface area contributed by atoms with Gasteiger partial charge < -0.3 is 18.6 Å². The highest BCUT2D eigenvalue weighted by atomic mass is 16.4. The molecule has 0 aliphatic carbocycles. The molecule has 65 heavy (non-hydrogen) atoms. The molecule has 0 fully saturated rings. The number of anilines is 6. The van der Waals surface area contributed by atoms with Crippen molar-refractivity contribution in [2.75, 3.05) is 9.80 Å². The van der Waals surface area contributed by atoms with Gasteiger partial charge in [0.1, 0.15) is 11.2 Å². The summed E-state index contributed by atoms with van der Waals surface area (Å²) in [4.78, 5) is 4.90. The first-order valence-corrected chi connectivity index (χ1v) is 22.9. The average molecular weight is 847 g/mol. The van der Waals surface area contributed by atoms with E-state index in [4.69, 9.17) is 8.83 Å². The molecule has 11 aromatic rings. The van der Waals surface area contributed by atoms with Crippen molar-refractivity contribution >= 4 is 99.5 Å². The highest BCUT2D eigenvalue weighted by molar-refractivity contribution is 6.23. The second kappa shape index (κ2) is 15.2. The van der Waals surface area contributed by atoms with Crippen molar-refractivity contribution in [3.8, 4) is 0 Å². The second-order valence-electron chi connectivity index (χ2n) is 18.8. The topological polar surface area (TPSA) is 32.8 Å². The van der Waals surface area contributed by atoms with E-state index in [2.05, 4.69) is 219 Å². The molecule has 2 heterocycles. The van der Waals surface area contributed by atoms with Crippen molar-refractivity contribution in [1.29, 1.82) is 0 Å². The Bertz CT molecular complexity index is 3570. The predicted octanol–water partition coefficient (Wildman–Crippen LogP) is 18.3. The molecule has 11 rings (SSSR count). The third-order valence-electron chi connectivity index (χ3n) is 13.9. The number of hydrogen-bond donors (Lipinski definition) is 0. The lowest BCUT2D eigenvalue weighted by Crippen LogP contribution is -2.15. The number of nitrogens with zero attached hydrogens (tertiary/aromatic N) is 2. The molecule has 0 amide bonds. The summed E-state index contributed by atoms with van der Waals surface area (Å²) >= 11 is 0. The molecule has 0 atom stereocenters. The quantitative estimate of drug-likeness (QED) is 0.160. The molecule has 0 radical (unpaired) electrons. The van der Waals surface area contributed by atoms with Crippen molar-refractivity contribution in [3.05, 3.63) is 190 Å². The van der Waals surface area contributed by atoms with Crippen molar-refractivity contribution < 1.29 is 8.83 Å². The minimum atomic E-state index is 0.262. The summed E-state index contributed by atoms with van der Waals surface area (Å²) in [6.45, 7) is 22.2. The van der Waals surface area contributed by atoms with E-state index < -0.39 is 0 Å². The smallest absolute Gasteiger partial charge is 0.178 e. The van der Waals surface area contributed by atoms with Crippen LogP contribution in [0.4, 0.5) is 34.1 Å². The Morgan fingerprint density at radius 2 is 0.723 bits per heavy atom. The largest absolute Gasteiger partial charge is 0.452 e. The number of para-hydroxylation sites is 4. The fourth-order valence-corrected chi connectivity index (χ4v) is 10.8. The van der Waals surface area contributed by atoms with Gasteiger partial charge in [-0.3, -0.25) is 0 Å². The molecule has 0 aliphatic heterocycles. The van der Waals surface area contributed by atoms with Crippen LogP contribution in [0.25, 0.3) is 65.4 Å². The van der Waals surface area contributed by atoms with Gasteiger partial charge in [-0.05, 0) is 188 Å². The van der Waals surface area contributed by atoms with Gasteiger partial charge in [-0.1, -0.05) is 98.8 Å². The van der Waals surface area contributed by atoms with Crippen LogP contribution in [0.3, 0.4) is 0 Å². The van der Waals surface area contributed by atoms with E-state index in [0.29, 0.717) is 0 Å². The molecule has 9 aromatic carbocycles. The molecule has 0 saturated heterocycles. The molecule has 0 saturated carbocycles. The lowest BCUT2D eigenvalue weighted by Gasteiger charge is -2.31. The average Bonchev–Trinajstić information content (AvgIpc) is 3.82. The maximum absolute atomic E-state index is 7.02. The number of benzene rings is 9. The SMILES string of the molecule is Cc1cccc(C)c1N(c1ccc2cc3c(cc2c1)oc1c3cc(C(C)C)c2c3cc4ccc(N(c5c(C)cccc5C)c5c(C)cccc5C)cc4cc3oc12)c1c(C)cccc1C. The molecule has 0 unspecified atom stereocenters. The van der Waals surface area contributed by atoms with Gasteiger partial charge in [0, 0.05) is 32.9 Å². The minimum Gasteiger partial charge on any atom is -0.452 e. The Labute approximate surface area is 381 Å². The monoisotopic (exact) mass is 846 g/mol. The molecule has 2 aromatic heterocycles. The minimum absolute atomic E-state index is 0.262. The highest BCUT2D eigenvalue weighted by Gasteiger charge is 2.25. The van der Waals surface area contributed by atoms with Crippen molar-refractivity contribution in [3.63, 3.8) is 0 Å². The molecule has 0 spiro atoms. The van der Waals surface area contributed by atoms with Crippen LogP contribution >= 0.6 is 0 Å². The molecule has 4 nitrogen and oxygen atoms in total.